The molecule has 5 heteroatoms. The summed E-state index contributed by atoms with van der Waals surface area (Å²) >= 11 is 0. The molecule has 0 spiro atoms. The molecule has 1 aromatic rings. The van der Waals surface area contributed by atoms with Gasteiger partial charge in [0.2, 0.25) is 5.95 Å². The Morgan fingerprint density at radius 3 is 2.82 bits per heavy atom. The standard InChI is InChI=1S/C12H21N5/c1-9-6-11(7-13)15-12(14-9)17-5-4-16(3)10(2)8-17/h6,10H,4-5,7-8,13H2,1-3H3. The van der Waals surface area contributed by atoms with E-state index in [4.69, 9.17) is 5.73 Å². The quantitative estimate of drug-likeness (QED) is 0.803. The van der Waals surface area contributed by atoms with Gasteiger partial charge in [-0.2, -0.15) is 0 Å². The molecule has 0 bridgehead atoms. The number of rotatable bonds is 2. The minimum Gasteiger partial charge on any atom is -0.338 e. The minimum atomic E-state index is 0.472. The van der Waals surface area contributed by atoms with E-state index in [1.54, 1.807) is 0 Å². The number of hydrogen-bond acceptors (Lipinski definition) is 5. The largest absolute Gasteiger partial charge is 0.338 e. The zero-order valence-corrected chi connectivity index (χ0v) is 10.8. The predicted molar refractivity (Wildman–Crippen MR) is 69.0 cm³/mol. The van der Waals surface area contributed by atoms with E-state index in [0.29, 0.717) is 12.6 Å². The molecule has 1 aliphatic heterocycles. The molecular weight excluding hydrogens is 214 g/mol. The van der Waals surface area contributed by atoms with Crippen molar-refractivity contribution in [1.29, 1.82) is 0 Å². The summed E-state index contributed by atoms with van der Waals surface area (Å²) in [6, 6.07) is 2.48. The lowest BCUT2D eigenvalue weighted by Gasteiger charge is -2.37. The molecule has 2 heterocycles. The molecule has 0 amide bonds. The number of likely N-dealkylation sites (N-methyl/N-ethyl adjacent to an activating group) is 1. The fourth-order valence-electron chi connectivity index (χ4n) is 2.09. The summed E-state index contributed by atoms with van der Waals surface area (Å²) in [4.78, 5) is 13.6. The molecule has 0 radical (unpaired) electrons. The van der Waals surface area contributed by atoms with Crippen LogP contribution in [0.4, 0.5) is 5.95 Å². The van der Waals surface area contributed by atoms with Gasteiger partial charge in [-0.25, -0.2) is 9.97 Å². The zero-order valence-electron chi connectivity index (χ0n) is 10.8. The third-order valence-corrected chi connectivity index (χ3v) is 3.35. The van der Waals surface area contributed by atoms with Crippen LogP contribution in [-0.2, 0) is 6.54 Å². The second-order valence-corrected chi connectivity index (χ2v) is 4.78. The van der Waals surface area contributed by atoms with Gasteiger partial charge in [0.1, 0.15) is 0 Å². The molecule has 0 saturated carbocycles. The van der Waals surface area contributed by atoms with E-state index in [2.05, 4.69) is 33.7 Å². The Morgan fingerprint density at radius 1 is 1.41 bits per heavy atom. The van der Waals surface area contributed by atoms with Crippen LogP contribution in [0.25, 0.3) is 0 Å². The maximum Gasteiger partial charge on any atom is 0.225 e. The average Bonchev–Trinajstić information content (AvgIpc) is 2.32. The summed E-state index contributed by atoms with van der Waals surface area (Å²) in [5.41, 5.74) is 7.55. The van der Waals surface area contributed by atoms with Gasteiger partial charge in [-0.15, -0.1) is 0 Å². The number of aryl methyl sites for hydroxylation is 1. The fraction of sp³-hybridized carbons (Fsp3) is 0.667. The maximum atomic E-state index is 5.65. The Kier molecular flexibility index (Phi) is 3.59. The van der Waals surface area contributed by atoms with Gasteiger partial charge in [0.25, 0.3) is 0 Å². The van der Waals surface area contributed by atoms with Crippen LogP contribution in [0.3, 0.4) is 0 Å². The van der Waals surface area contributed by atoms with Gasteiger partial charge < -0.3 is 15.5 Å². The van der Waals surface area contributed by atoms with Crippen molar-refractivity contribution >= 4 is 5.95 Å². The molecule has 94 valence electrons. The number of hydrogen-bond donors (Lipinski definition) is 1. The lowest BCUT2D eigenvalue weighted by Crippen LogP contribution is -2.50. The Morgan fingerprint density at radius 2 is 2.18 bits per heavy atom. The lowest BCUT2D eigenvalue weighted by molar-refractivity contribution is 0.232. The van der Waals surface area contributed by atoms with Crippen LogP contribution in [0.2, 0.25) is 0 Å². The van der Waals surface area contributed by atoms with Gasteiger partial charge in [0.05, 0.1) is 5.69 Å². The Bertz CT molecular complexity index is 392. The summed E-state index contributed by atoms with van der Waals surface area (Å²) in [6.45, 7) is 7.70. The maximum absolute atomic E-state index is 5.65. The average molecular weight is 235 g/mol. The van der Waals surface area contributed by atoms with Gasteiger partial charge in [0.15, 0.2) is 0 Å². The molecule has 1 saturated heterocycles. The van der Waals surface area contributed by atoms with Crippen molar-refractivity contribution in [3.05, 3.63) is 17.5 Å². The van der Waals surface area contributed by atoms with Crippen molar-refractivity contribution in [2.24, 2.45) is 5.73 Å². The van der Waals surface area contributed by atoms with E-state index in [-0.39, 0.29) is 0 Å². The molecular formula is C12H21N5. The number of nitrogens with zero attached hydrogens (tertiary/aromatic N) is 4. The summed E-state index contributed by atoms with van der Waals surface area (Å²) in [6.07, 6.45) is 0. The van der Waals surface area contributed by atoms with Gasteiger partial charge in [0, 0.05) is 37.9 Å². The van der Waals surface area contributed by atoms with Crippen molar-refractivity contribution in [2.75, 3.05) is 31.6 Å². The van der Waals surface area contributed by atoms with Crippen LogP contribution < -0.4 is 10.6 Å². The normalized spacial score (nSPS) is 21.9. The predicted octanol–water partition coefficient (Wildman–Crippen LogP) is 0.384. The van der Waals surface area contributed by atoms with Crippen molar-refractivity contribution in [3.8, 4) is 0 Å². The highest BCUT2D eigenvalue weighted by atomic mass is 15.3. The molecule has 1 fully saturated rings. The van der Waals surface area contributed by atoms with E-state index < -0.39 is 0 Å². The Balaban J connectivity index is 2.19. The number of aromatic nitrogens is 2. The molecule has 2 N–H and O–H groups in total. The van der Waals surface area contributed by atoms with Crippen molar-refractivity contribution in [3.63, 3.8) is 0 Å². The first-order valence-corrected chi connectivity index (χ1v) is 6.10. The number of nitrogens with two attached hydrogens (primary N) is 1. The number of piperazine rings is 1. The Hall–Kier alpha value is -1.20. The van der Waals surface area contributed by atoms with Gasteiger partial charge in [-0.3, -0.25) is 0 Å². The highest BCUT2D eigenvalue weighted by molar-refractivity contribution is 5.33. The highest BCUT2D eigenvalue weighted by Crippen LogP contribution is 2.15. The molecule has 5 nitrogen and oxygen atoms in total. The Labute approximate surface area is 103 Å². The topological polar surface area (TPSA) is 58.3 Å². The number of anilines is 1. The van der Waals surface area contributed by atoms with Crippen LogP contribution in [0.5, 0.6) is 0 Å². The van der Waals surface area contributed by atoms with E-state index in [1.165, 1.54) is 0 Å². The first kappa shape index (κ1) is 12.3. The van der Waals surface area contributed by atoms with Gasteiger partial charge in [-0.05, 0) is 27.0 Å². The van der Waals surface area contributed by atoms with E-state index in [9.17, 15) is 0 Å². The first-order chi connectivity index (χ1) is 8.10. The highest BCUT2D eigenvalue weighted by Gasteiger charge is 2.22. The molecule has 2 rings (SSSR count). The summed E-state index contributed by atoms with van der Waals surface area (Å²) in [5, 5.41) is 0. The monoisotopic (exact) mass is 235 g/mol. The second-order valence-electron chi connectivity index (χ2n) is 4.78. The smallest absolute Gasteiger partial charge is 0.225 e. The molecule has 1 unspecified atom stereocenters. The molecule has 0 aromatic carbocycles. The van der Waals surface area contributed by atoms with Gasteiger partial charge >= 0.3 is 0 Å². The summed E-state index contributed by atoms with van der Waals surface area (Å²) < 4.78 is 0. The SMILES string of the molecule is Cc1cc(CN)nc(N2CCN(C)C(C)C2)n1. The molecule has 17 heavy (non-hydrogen) atoms. The third kappa shape index (κ3) is 2.73. The second kappa shape index (κ2) is 4.98. The van der Waals surface area contributed by atoms with E-state index in [1.807, 2.05) is 13.0 Å². The van der Waals surface area contributed by atoms with E-state index >= 15 is 0 Å². The third-order valence-electron chi connectivity index (χ3n) is 3.35. The van der Waals surface area contributed by atoms with Crippen LogP contribution in [0.15, 0.2) is 6.07 Å². The van der Waals surface area contributed by atoms with Crippen LogP contribution in [0.1, 0.15) is 18.3 Å². The lowest BCUT2D eigenvalue weighted by atomic mass is 10.2. The van der Waals surface area contributed by atoms with Crippen LogP contribution >= 0.6 is 0 Å². The molecule has 1 aliphatic rings. The fourth-order valence-corrected chi connectivity index (χ4v) is 2.09. The zero-order chi connectivity index (χ0) is 12.4. The summed E-state index contributed by atoms with van der Waals surface area (Å²) in [7, 11) is 2.16. The van der Waals surface area contributed by atoms with Crippen molar-refractivity contribution < 1.29 is 0 Å². The molecule has 1 atom stereocenters. The van der Waals surface area contributed by atoms with Crippen molar-refractivity contribution in [2.45, 2.75) is 26.4 Å². The van der Waals surface area contributed by atoms with Crippen molar-refractivity contribution in [1.82, 2.24) is 14.9 Å². The molecule has 1 aromatic heterocycles. The van der Waals surface area contributed by atoms with Crippen LogP contribution in [0, 0.1) is 6.92 Å². The first-order valence-electron chi connectivity index (χ1n) is 6.10. The van der Waals surface area contributed by atoms with Crippen LogP contribution in [-0.4, -0.2) is 47.6 Å². The van der Waals surface area contributed by atoms with E-state index in [0.717, 1.165) is 37.0 Å². The minimum absolute atomic E-state index is 0.472. The molecule has 0 aliphatic carbocycles. The van der Waals surface area contributed by atoms with Gasteiger partial charge in [-0.1, -0.05) is 0 Å². The summed E-state index contributed by atoms with van der Waals surface area (Å²) in [5.74, 6) is 0.824.